The number of carbonyl (C=O) groups excluding carboxylic acids is 1. The van der Waals surface area contributed by atoms with Crippen molar-refractivity contribution < 1.29 is 22.9 Å². The van der Waals surface area contributed by atoms with Crippen LogP contribution in [0.3, 0.4) is 0 Å². The number of carbonyl (C=O) groups is 1. The van der Waals surface area contributed by atoms with Crippen molar-refractivity contribution in [2.24, 2.45) is 0 Å². The van der Waals surface area contributed by atoms with Crippen LogP contribution >= 0.6 is 0 Å². The summed E-state index contributed by atoms with van der Waals surface area (Å²) in [5.41, 5.74) is -2.20. The van der Waals surface area contributed by atoms with Crippen molar-refractivity contribution in [2.45, 2.75) is 0 Å². The fourth-order valence-electron chi connectivity index (χ4n) is 1.38. The van der Waals surface area contributed by atoms with Gasteiger partial charge in [0.25, 0.3) is 5.91 Å². The van der Waals surface area contributed by atoms with Crippen molar-refractivity contribution in [3.05, 3.63) is 39.2 Å². The first-order valence-electron chi connectivity index (χ1n) is 5.50. The van der Waals surface area contributed by atoms with Crippen molar-refractivity contribution in [3.63, 3.8) is 0 Å². The van der Waals surface area contributed by atoms with Crippen molar-refractivity contribution >= 4 is 11.6 Å². The molecule has 1 aromatic rings. The number of rotatable bonds is 5. The molecule has 6 nitrogen and oxygen atoms in total. The number of nitrogens with zero attached hydrogens (tertiary/aromatic N) is 2. The number of hydrogen-bond acceptors (Lipinski definition) is 4. The minimum Gasteiger partial charge on any atom is -0.351 e. The predicted molar refractivity (Wildman–Crippen MR) is 63.9 cm³/mol. The van der Waals surface area contributed by atoms with Gasteiger partial charge < -0.3 is 10.2 Å². The van der Waals surface area contributed by atoms with Crippen molar-refractivity contribution in [2.75, 3.05) is 27.2 Å². The highest BCUT2D eigenvalue weighted by molar-refractivity contribution is 5.95. The van der Waals surface area contributed by atoms with Gasteiger partial charge in [0.1, 0.15) is 0 Å². The molecule has 110 valence electrons. The summed E-state index contributed by atoms with van der Waals surface area (Å²) in [5, 5.41) is 12.8. The molecule has 1 N–H and O–H groups in total. The van der Waals surface area contributed by atoms with E-state index in [1.165, 1.54) is 0 Å². The number of nitro benzene ring substituents is 1. The maximum absolute atomic E-state index is 13.4. The lowest BCUT2D eigenvalue weighted by molar-refractivity contribution is -0.387. The first kappa shape index (κ1) is 15.9. The van der Waals surface area contributed by atoms with Crippen molar-refractivity contribution in [1.29, 1.82) is 0 Å². The van der Waals surface area contributed by atoms with Crippen LogP contribution in [-0.4, -0.2) is 42.9 Å². The maximum atomic E-state index is 13.4. The third kappa shape index (κ3) is 3.44. The summed E-state index contributed by atoms with van der Waals surface area (Å²) in [6, 6.07) is 0.374. The van der Waals surface area contributed by atoms with Crippen LogP contribution in [0.2, 0.25) is 0 Å². The van der Waals surface area contributed by atoms with Gasteiger partial charge in [-0.05, 0) is 14.1 Å². The molecule has 0 saturated carbocycles. The summed E-state index contributed by atoms with van der Waals surface area (Å²) in [5.74, 6) is -6.78. The topological polar surface area (TPSA) is 75.5 Å². The van der Waals surface area contributed by atoms with E-state index < -0.39 is 39.5 Å². The zero-order valence-electron chi connectivity index (χ0n) is 10.7. The number of likely N-dealkylation sites (N-methyl/N-ethyl adjacent to an activating group) is 1. The van der Waals surface area contributed by atoms with Gasteiger partial charge in [-0.15, -0.1) is 0 Å². The Morgan fingerprint density at radius 1 is 1.30 bits per heavy atom. The summed E-state index contributed by atoms with van der Waals surface area (Å²) in [6.07, 6.45) is 0. The summed E-state index contributed by atoms with van der Waals surface area (Å²) in [7, 11) is 3.46. The average molecular weight is 291 g/mol. The molecule has 0 aromatic heterocycles. The summed E-state index contributed by atoms with van der Waals surface area (Å²) < 4.78 is 39.7. The molecule has 1 aromatic carbocycles. The molecule has 0 saturated heterocycles. The van der Waals surface area contributed by atoms with Gasteiger partial charge in [0.15, 0.2) is 5.82 Å². The second-order valence-electron chi connectivity index (χ2n) is 4.20. The van der Waals surface area contributed by atoms with E-state index in [-0.39, 0.29) is 6.54 Å². The van der Waals surface area contributed by atoms with Crippen LogP contribution in [0, 0.1) is 27.6 Å². The highest BCUT2D eigenvalue weighted by Gasteiger charge is 2.28. The van der Waals surface area contributed by atoms with Crippen LogP contribution in [0.1, 0.15) is 10.4 Å². The molecule has 0 radical (unpaired) electrons. The Kier molecular flexibility index (Phi) is 5.03. The van der Waals surface area contributed by atoms with Gasteiger partial charge in [-0.3, -0.25) is 14.9 Å². The number of benzene rings is 1. The first-order chi connectivity index (χ1) is 9.25. The molecule has 9 heteroatoms. The predicted octanol–water partition coefficient (Wildman–Crippen LogP) is 1.30. The molecule has 0 spiro atoms. The van der Waals surface area contributed by atoms with Crippen LogP contribution in [0.15, 0.2) is 6.07 Å². The second kappa shape index (κ2) is 6.33. The first-order valence-corrected chi connectivity index (χ1v) is 5.50. The Morgan fingerprint density at radius 3 is 2.40 bits per heavy atom. The lowest BCUT2D eigenvalue weighted by atomic mass is 10.1. The third-order valence-electron chi connectivity index (χ3n) is 2.41. The Balaban J connectivity index is 3.06. The van der Waals surface area contributed by atoms with E-state index in [4.69, 9.17) is 0 Å². The number of amides is 1. The fraction of sp³-hybridized carbons (Fsp3) is 0.364. The largest absolute Gasteiger partial charge is 0.351 e. The molecule has 0 aliphatic carbocycles. The lowest BCUT2D eigenvalue weighted by Gasteiger charge is -2.11. The summed E-state index contributed by atoms with van der Waals surface area (Å²) in [4.78, 5) is 22.6. The SMILES string of the molecule is CN(C)CCNC(=O)c1cc([N+](=O)[O-])c(F)c(F)c1F. The second-order valence-corrected chi connectivity index (χ2v) is 4.20. The van der Waals surface area contributed by atoms with Gasteiger partial charge >= 0.3 is 5.69 Å². The summed E-state index contributed by atoms with van der Waals surface area (Å²) in [6.45, 7) is 0.553. The zero-order valence-corrected chi connectivity index (χ0v) is 10.7. The van der Waals surface area contributed by atoms with Gasteiger partial charge in [0, 0.05) is 19.2 Å². The van der Waals surface area contributed by atoms with Crippen LogP contribution < -0.4 is 5.32 Å². The number of nitrogens with one attached hydrogen (secondary N) is 1. The molecular weight excluding hydrogens is 279 g/mol. The van der Waals surface area contributed by atoms with Gasteiger partial charge in [-0.1, -0.05) is 0 Å². The van der Waals surface area contributed by atoms with E-state index in [9.17, 15) is 28.1 Å². The minimum absolute atomic E-state index is 0.123. The van der Waals surface area contributed by atoms with Crippen LogP contribution in [0.5, 0.6) is 0 Å². The average Bonchev–Trinajstić information content (AvgIpc) is 2.35. The monoisotopic (exact) mass is 291 g/mol. The van der Waals surface area contributed by atoms with Crippen LogP contribution in [0.4, 0.5) is 18.9 Å². The smallest absolute Gasteiger partial charge is 0.308 e. The van der Waals surface area contributed by atoms with E-state index in [2.05, 4.69) is 5.32 Å². The van der Waals surface area contributed by atoms with Gasteiger partial charge in [-0.25, -0.2) is 8.78 Å². The standard InChI is InChI=1S/C11H12F3N3O3/c1-16(2)4-3-15-11(18)6-5-7(17(19)20)9(13)10(14)8(6)12/h5H,3-4H2,1-2H3,(H,15,18). The number of hydrogen-bond donors (Lipinski definition) is 1. The molecule has 1 rings (SSSR count). The van der Waals surface area contributed by atoms with Crippen molar-refractivity contribution in [3.8, 4) is 0 Å². The normalized spacial score (nSPS) is 10.7. The van der Waals surface area contributed by atoms with E-state index in [1.807, 2.05) is 0 Å². The Hall–Kier alpha value is -2.16. The Bertz CT molecular complexity index is 549. The van der Waals surface area contributed by atoms with Gasteiger partial charge in [0.2, 0.25) is 11.6 Å². The van der Waals surface area contributed by atoms with Crippen molar-refractivity contribution in [1.82, 2.24) is 10.2 Å². The molecule has 1 amide bonds. The lowest BCUT2D eigenvalue weighted by Crippen LogP contribution is -2.32. The van der Waals surface area contributed by atoms with Gasteiger partial charge in [-0.2, -0.15) is 4.39 Å². The molecule has 0 aliphatic heterocycles. The van der Waals surface area contributed by atoms with E-state index in [0.717, 1.165) is 0 Å². The molecule has 0 atom stereocenters. The van der Waals surface area contributed by atoms with Crippen LogP contribution in [0.25, 0.3) is 0 Å². The molecule has 20 heavy (non-hydrogen) atoms. The number of nitro groups is 1. The number of halogens is 3. The Morgan fingerprint density at radius 2 is 1.90 bits per heavy atom. The molecule has 0 bridgehead atoms. The highest BCUT2D eigenvalue weighted by Crippen LogP contribution is 2.25. The quantitative estimate of drug-likeness (QED) is 0.504. The van der Waals surface area contributed by atoms with Crippen LogP contribution in [-0.2, 0) is 0 Å². The van der Waals surface area contributed by atoms with Gasteiger partial charge in [0.05, 0.1) is 10.5 Å². The zero-order chi connectivity index (χ0) is 15.4. The highest BCUT2D eigenvalue weighted by atomic mass is 19.2. The van der Waals surface area contributed by atoms with E-state index in [1.54, 1.807) is 19.0 Å². The molecule has 0 heterocycles. The molecule has 0 unspecified atom stereocenters. The Labute approximate surface area is 112 Å². The molecule has 0 aliphatic rings. The maximum Gasteiger partial charge on any atom is 0.308 e. The summed E-state index contributed by atoms with van der Waals surface area (Å²) >= 11 is 0. The fourth-order valence-corrected chi connectivity index (χ4v) is 1.38. The third-order valence-corrected chi connectivity index (χ3v) is 2.41. The van der Waals surface area contributed by atoms with E-state index >= 15 is 0 Å². The molecular formula is C11H12F3N3O3. The van der Waals surface area contributed by atoms with E-state index in [0.29, 0.717) is 12.6 Å². The molecule has 0 fully saturated rings. The minimum atomic E-state index is -2.04.